The van der Waals surface area contributed by atoms with Crippen molar-refractivity contribution in [1.82, 2.24) is 15.0 Å². The Balaban J connectivity index is 1.32. The van der Waals surface area contributed by atoms with Crippen molar-refractivity contribution in [2.45, 2.75) is 51.0 Å². The molecule has 1 aliphatic heterocycles. The van der Waals surface area contributed by atoms with Crippen LogP contribution in [0.15, 0.2) is 65.2 Å². The fraction of sp³-hybridized carbons (Fsp3) is 0.417. The maximum Gasteiger partial charge on any atom is 0.243 e. The molecule has 0 N–H and O–H groups in total. The lowest BCUT2D eigenvalue weighted by Crippen LogP contribution is -2.35. The fourth-order valence-corrected chi connectivity index (χ4v) is 4.06. The monoisotopic (exact) mass is 375 g/mol. The summed E-state index contributed by atoms with van der Waals surface area (Å²) >= 11 is 0. The van der Waals surface area contributed by atoms with E-state index in [1.54, 1.807) is 0 Å². The van der Waals surface area contributed by atoms with Gasteiger partial charge in [0.15, 0.2) is 5.82 Å². The number of aryl methyl sites for hydroxylation is 2. The summed E-state index contributed by atoms with van der Waals surface area (Å²) < 4.78 is 5.69. The second-order valence-electron chi connectivity index (χ2n) is 7.67. The van der Waals surface area contributed by atoms with E-state index in [2.05, 4.69) is 70.7 Å². The molecule has 2 heterocycles. The van der Waals surface area contributed by atoms with E-state index in [0.29, 0.717) is 0 Å². The Morgan fingerprint density at radius 3 is 2.32 bits per heavy atom. The number of rotatable bonds is 8. The Morgan fingerprint density at radius 1 is 0.857 bits per heavy atom. The molecule has 0 aliphatic carbocycles. The summed E-state index contributed by atoms with van der Waals surface area (Å²) in [4.78, 5) is 7.28. The highest BCUT2D eigenvalue weighted by molar-refractivity contribution is 5.15. The summed E-state index contributed by atoms with van der Waals surface area (Å²) in [7, 11) is 0. The van der Waals surface area contributed by atoms with E-state index >= 15 is 0 Å². The summed E-state index contributed by atoms with van der Waals surface area (Å²) in [6.07, 6.45) is 7.63. The van der Waals surface area contributed by atoms with Crippen molar-refractivity contribution < 1.29 is 4.52 Å². The molecular weight excluding hydrogens is 346 g/mol. The van der Waals surface area contributed by atoms with E-state index in [-0.39, 0.29) is 6.04 Å². The highest BCUT2D eigenvalue weighted by Crippen LogP contribution is 2.30. The van der Waals surface area contributed by atoms with Crippen molar-refractivity contribution in [2.24, 2.45) is 0 Å². The minimum Gasteiger partial charge on any atom is -0.338 e. The number of aromatic nitrogens is 2. The molecule has 0 radical (unpaired) electrons. The fourth-order valence-electron chi connectivity index (χ4n) is 4.06. The first-order valence-electron chi connectivity index (χ1n) is 10.5. The van der Waals surface area contributed by atoms with E-state index in [0.717, 1.165) is 56.9 Å². The average molecular weight is 376 g/mol. The highest BCUT2D eigenvalue weighted by atomic mass is 16.5. The first-order valence-corrected chi connectivity index (χ1v) is 10.5. The van der Waals surface area contributed by atoms with Gasteiger partial charge in [-0.15, -0.1) is 0 Å². The smallest absolute Gasteiger partial charge is 0.243 e. The van der Waals surface area contributed by atoms with Crippen LogP contribution < -0.4 is 0 Å². The molecule has 28 heavy (non-hydrogen) atoms. The molecule has 0 bridgehead atoms. The first kappa shape index (κ1) is 18.9. The highest BCUT2D eigenvalue weighted by Gasteiger charge is 2.28. The van der Waals surface area contributed by atoms with Crippen molar-refractivity contribution in [3.8, 4) is 0 Å². The molecule has 4 heteroatoms. The molecule has 1 saturated heterocycles. The summed E-state index contributed by atoms with van der Waals surface area (Å²) in [5.41, 5.74) is 2.75. The predicted molar refractivity (Wildman–Crippen MR) is 111 cm³/mol. The number of piperidine rings is 1. The quantitative estimate of drug-likeness (QED) is 0.555. The Bertz CT molecular complexity index is 831. The normalized spacial score (nSPS) is 17.6. The number of hydrogen-bond donors (Lipinski definition) is 0. The lowest BCUT2D eigenvalue weighted by molar-refractivity contribution is 0.120. The van der Waals surface area contributed by atoms with Gasteiger partial charge in [0.05, 0.1) is 6.04 Å². The molecule has 1 atom stereocenters. The second-order valence-corrected chi connectivity index (χ2v) is 7.67. The topological polar surface area (TPSA) is 42.2 Å². The van der Waals surface area contributed by atoms with Crippen LogP contribution in [-0.4, -0.2) is 28.1 Å². The molecule has 1 aliphatic rings. The molecule has 1 fully saturated rings. The Hall–Kier alpha value is -2.46. The minimum absolute atomic E-state index is 0.271. The molecule has 4 rings (SSSR count). The Morgan fingerprint density at radius 2 is 1.57 bits per heavy atom. The molecule has 1 aromatic heterocycles. The van der Waals surface area contributed by atoms with Crippen molar-refractivity contribution in [3.63, 3.8) is 0 Å². The van der Waals surface area contributed by atoms with Crippen molar-refractivity contribution in [1.29, 1.82) is 0 Å². The van der Waals surface area contributed by atoms with Crippen molar-refractivity contribution >= 4 is 0 Å². The summed E-state index contributed by atoms with van der Waals surface area (Å²) in [6.45, 7) is 2.16. The Kier molecular flexibility index (Phi) is 6.51. The van der Waals surface area contributed by atoms with Crippen molar-refractivity contribution in [2.75, 3.05) is 13.1 Å². The van der Waals surface area contributed by atoms with Gasteiger partial charge in [0.2, 0.25) is 5.89 Å². The number of hydrogen-bond acceptors (Lipinski definition) is 4. The summed E-state index contributed by atoms with van der Waals surface area (Å²) in [5, 5.41) is 4.26. The zero-order chi connectivity index (χ0) is 19.0. The van der Waals surface area contributed by atoms with Crippen LogP contribution in [0.1, 0.15) is 54.6 Å². The van der Waals surface area contributed by atoms with Gasteiger partial charge in [-0.3, -0.25) is 4.90 Å². The van der Waals surface area contributed by atoms with Crippen LogP contribution >= 0.6 is 0 Å². The van der Waals surface area contributed by atoms with E-state index < -0.39 is 0 Å². The van der Waals surface area contributed by atoms with Gasteiger partial charge in [-0.2, -0.15) is 4.98 Å². The second kappa shape index (κ2) is 9.65. The standard InChI is InChI=1S/C24H29N3O/c1-3-10-20(11-4-1)14-9-16-23-25-24(28-26-23)22-15-7-8-18-27(22)19-17-21-12-5-2-6-13-21/h1-6,10-13,22H,7-9,14-19H2/t22-/m0/s1. The molecule has 2 aromatic carbocycles. The van der Waals surface area contributed by atoms with E-state index in [1.165, 1.54) is 24.0 Å². The molecular formula is C24H29N3O. The van der Waals surface area contributed by atoms with E-state index in [4.69, 9.17) is 9.51 Å². The van der Waals surface area contributed by atoms with Gasteiger partial charge in [0, 0.05) is 13.0 Å². The van der Waals surface area contributed by atoms with Gasteiger partial charge in [0.25, 0.3) is 0 Å². The van der Waals surface area contributed by atoms with Gasteiger partial charge >= 0.3 is 0 Å². The van der Waals surface area contributed by atoms with Gasteiger partial charge in [0.1, 0.15) is 0 Å². The lowest BCUT2D eigenvalue weighted by atomic mass is 10.0. The average Bonchev–Trinajstić information content (AvgIpc) is 3.23. The largest absolute Gasteiger partial charge is 0.338 e. The van der Waals surface area contributed by atoms with Crippen LogP contribution in [0.5, 0.6) is 0 Å². The first-order chi connectivity index (χ1) is 13.9. The molecule has 0 amide bonds. The van der Waals surface area contributed by atoms with Gasteiger partial charge in [-0.1, -0.05) is 72.2 Å². The van der Waals surface area contributed by atoms with Gasteiger partial charge in [-0.05, 0) is 49.8 Å². The van der Waals surface area contributed by atoms with E-state index in [1.807, 2.05) is 0 Å². The third kappa shape index (κ3) is 5.08. The molecule has 4 nitrogen and oxygen atoms in total. The predicted octanol–water partition coefficient (Wildman–Crippen LogP) is 5.01. The van der Waals surface area contributed by atoms with Gasteiger partial charge < -0.3 is 4.52 Å². The third-order valence-electron chi connectivity index (χ3n) is 5.62. The SMILES string of the molecule is c1ccc(CCCc2noc([C@@H]3CCCCN3CCc3ccccc3)n2)cc1. The minimum atomic E-state index is 0.271. The third-order valence-corrected chi connectivity index (χ3v) is 5.62. The van der Waals surface area contributed by atoms with Crippen LogP contribution in [-0.2, 0) is 19.3 Å². The summed E-state index contributed by atoms with van der Waals surface area (Å²) in [6, 6.07) is 21.6. The molecule has 146 valence electrons. The van der Waals surface area contributed by atoms with E-state index in [9.17, 15) is 0 Å². The number of likely N-dealkylation sites (tertiary alicyclic amines) is 1. The number of nitrogens with zero attached hydrogens (tertiary/aromatic N) is 3. The van der Waals surface area contributed by atoms with Crippen LogP contribution in [0.2, 0.25) is 0 Å². The zero-order valence-electron chi connectivity index (χ0n) is 16.5. The zero-order valence-corrected chi connectivity index (χ0v) is 16.5. The van der Waals surface area contributed by atoms with Crippen LogP contribution in [0.25, 0.3) is 0 Å². The summed E-state index contributed by atoms with van der Waals surface area (Å²) in [5.74, 6) is 1.65. The number of benzene rings is 2. The molecule has 3 aromatic rings. The molecule has 0 saturated carbocycles. The molecule has 0 spiro atoms. The van der Waals surface area contributed by atoms with Gasteiger partial charge in [-0.25, -0.2) is 0 Å². The van der Waals surface area contributed by atoms with Crippen LogP contribution in [0, 0.1) is 0 Å². The Labute approximate surface area is 167 Å². The molecule has 0 unspecified atom stereocenters. The lowest BCUT2D eigenvalue weighted by Gasteiger charge is -2.33. The van der Waals surface area contributed by atoms with Crippen molar-refractivity contribution in [3.05, 3.63) is 83.5 Å². The van der Waals surface area contributed by atoms with Crippen LogP contribution in [0.3, 0.4) is 0 Å². The van der Waals surface area contributed by atoms with Crippen LogP contribution in [0.4, 0.5) is 0 Å². The maximum absolute atomic E-state index is 5.69. The maximum atomic E-state index is 5.69.